The van der Waals surface area contributed by atoms with Crippen LogP contribution in [-0.2, 0) is 0 Å². The van der Waals surface area contributed by atoms with Crippen molar-refractivity contribution in [1.29, 1.82) is 0 Å². The van der Waals surface area contributed by atoms with E-state index in [1.807, 2.05) is 0 Å². The molecule has 0 aliphatic carbocycles. The molecule has 0 atom stereocenters. The lowest BCUT2D eigenvalue weighted by molar-refractivity contribution is 0.102. The second-order valence-electron chi connectivity index (χ2n) is 3.95. The highest BCUT2D eigenvalue weighted by atomic mass is 79.9. The molecule has 0 saturated heterocycles. The van der Waals surface area contributed by atoms with Crippen molar-refractivity contribution in [1.82, 2.24) is 0 Å². The van der Waals surface area contributed by atoms with Gasteiger partial charge in [0.1, 0.15) is 0 Å². The number of nitrogens with zero attached hydrogens (tertiary/aromatic N) is 1. The van der Waals surface area contributed by atoms with E-state index in [4.69, 9.17) is 5.21 Å². The summed E-state index contributed by atoms with van der Waals surface area (Å²) in [7, 11) is 0. The van der Waals surface area contributed by atoms with E-state index < -0.39 is 0 Å². The zero-order valence-electron chi connectivity index (χ0n) is 10.4. The Bertz CT molecular complexity index is 666. The van der Waals surface area contributed by atoms with Gasteiger partial charge >= 0.3 is 0 Å². The summed E-state index contributed by atoms with van der Waals surface area (Å²) in [5.74, 6) is -0.181. The second kappa shape index (κ2) is 6.51. The van der Waals surface area contributed by atoms with Crippen LogP contribution in [0.5, 0.6) is 0 Å². The van der Waals surface area contributed by atoms with Crippen molar-refractivity contribution in [2.24, 2.45) is 5.16 Å². The van der Waals surface area contributed by atoms with Crippen LogP contribution in [-0.4, -0.2) is 16.8 Å². The molecule has 0 spiro atoms. The van der Waals surface area contributed by atoms with Crippen LogP contribution in [0.2, 0.25) is 0 Å². The molecule has 20 heavy (non-hydrogen) atoms. The van der Waals surface area contributed by atoms with E-state index in [2.05, 4.69) is 42.3 Å². The number of hydrogen-bond donors (Lipinski definition) is 2. The number of hydrogen-bond acceptors (Lipinski definition) is 4. The van der Waals surface area contributed by atoms with Crippen molar-refractivity contribution in [3.8, 4) is 0 Å². The molecule has 0 aliphatic heterocycles. The third kappa shape index (κ3) is 3.47. The molecule has 1 aromatic heterocycles. The Hall–Kier alpha value is -1.18. The molecule has 0 radical (unpaired) electrons. The average molecular weight is 418 g/mol. The van der Waals surface area contributed by atoms with Crippen molar-refractivity contribution in [3.63, 3.8) is 0 Å². The lowest BCUT2D eigenvalue weighted by Gasteiger charge is -2.05. The van der Waals surface area contributed by atoms with Crippen molar-refractivity contribution in [3.05, 3.63) is 49.0 Å². The lowest BCUT2D eigenvalue weighted by atomic mass is 10.1. The molecular weight excluding hydrogens is 408 g/mol. The number of thiophene rings is 1. The Kier molecular flexibility index (Phi) is 4.95. The Morgan fingerprint density at radius 2 is 1.95 bits per heavy atom. The average Bonchev–Trinajstić information content (AvgIpc) is 2.78. The van der Waals surface area contributed by atoms with E-state index in [1.54, 1.807) is 37.3 Å². The number of carbonyl (C=O) groups excluding carboxylic acids is 1. The number of anilines is 1. The maximum absolute atomic E-state index is 12.1. The second-order valence-corrected chi connectivity index (χ2v) is 7.70. The number of nitrogens with one attached hydrogen (secondary N) is 1. The van der Waals surface area contributed by atoms with Gasteiger partial charge in [-0.05, 0) is 62.5 Å². The minimum atomic E-state index is -0.181. The molecule has 0 fully saturated rings. The van der Waals surface area contributed by atoms with Gasteiger partial charge in [0, 0.05) is 5.69 Å². The van der Waals surface area contributed by atoms with Gasteiger partial charge in [-0.3, -0.25) is 4.79 Å². The van der Waals surface area contributed by atoms with E-state index in [0.717, 1.165) is 13.1 Å². The highest BCUT2D eigenvalue weighted by molar-refractivity contribution is 9.12. The zero-order valence-corrected chi connectivity index (χ0v) is 14.3. The number of carbonyl (C=O) groups is 1. The molecule has 4 nitrogen and oxygen atoms in total. The third-order valence-corrected chi connectivity index (χ3v) is 4.95. The quantitative estimate of drug-likeness (QED) is 0.431. The lowest BCUT2D eigenvalue weighted by Crippen LogP contribution is -2.11. The minimum absolute atomic E-state index is 0.181. The fraction of sp³-hybridized carbons (Fsp3) is 0.0769. The van der Waals surface area contributed by atoms with Crippen LogP contribution in [0.4, 0.5) is 5.69 Å². The summed E-state index contributed by atoms with van der Waals surface area (Å²) in [5.41, 5.74) is 2.58. The van der Waals surface area contributed by atoms with Gasteiger partial charge in [-0.15, -0.1) is 11.3 Å². The fourth-order valence-corrected chi connectivity index (χ4v) is 4.34. The van der Waals surface area contributed by atoms with Crippen molar-refractivity contribution < 1.29 is 10.0 Å². The smallest absolute Gasteiger partial charge is 0.257 e. The van der Waals surface area contributed by atoms with Crippen LogP contribution in [0.25, 0.3) is 0 Å². The summed E-state index contributed by atoms with van der Waals surface area (Å²) in [6.45, 7) is 1.70. The van der Waals surface area contributed by atoms with Gasteiger partial charge < -0.3 is 10.5 Å². The largest absolute Gasteiger partial charge is 0.411 e. The van der Waals surface area contributed by atoms with Crippen molar-refractivity contribution in [2.75, 3.05) is 5.32 Å². The van der Waals surface area contributed by atoms with Gasteiger partial charge in [-0.2, -0.15) is 0 Å². The molecule has 2 rings (SSSR count). The Balaban J connectivity index is 2.14. The van der Waals surface area contributed by atoms with E-state index in [1.165, 1.54) is 11.3 Å². The van der Waals surface area contributed by atoms with Gasteiger partial charge in [0.15, 0.2) is 0 Å². The third-order valence-electron chi connectivity index (χ3n) is 2.61. The summed E-state index contributed by atoms with van der Waals surface area (Å²) in [6, 6.07) is 8.85. The normalized spacial score (nSPS) is 11.4. The predicted molar refractivity (Wildman–Crippen MR) is 88.1 cm³/mol. The topological polar surface area (TPSA) is 61.7 Å². The van der Waals surface area contributed by atoms with Crippen LogP contribution in [0, 0.1) is 0 Å². The van der Waals surface area contributed by atoms with E-state index >= 15 is 0 Å². The number of amides is 1. The molecule has 2 aromatic rings. The first kappa shape index (κ1) is 15.2. The van der Waals surface area contributed by atoms with E-state index in [9.17, 15) is 4.79 Å². The van der Waals surface area contributed by atoms with Crippen molar-refractivity contribution in [2.45, 2.75) is 6.92 Å². The summed E-state index contributed by atoms with van der Waals surface area (Å²) in [4.78, 5) is 12.1. The summed E-state index contributed by atoms with van der Waals surface area (Å²) >= 11 is 8.14. The van der Waals surface area contributed by atoms with Gasteiger partial charge in [-0.25, -0.2) is 0 Å². The van der Waals surface area contributed by atoms with E-state index in [0.29, 0.717) is 17.0 Å². The SMILES string of the molecule is C/C(=N/O)c1ccc(NC(=O)c2cc(Br)sc2Br)cc1. The van der Waals surface area contributed by atoms with Crippen LogP contribution in [0.15, 0.2) is 43.1 Å². The first-order valence-corrected chi connectivity index (χ1v) is 7.97. The molecule has 0 bridgehead atoms. The molecule has 0 unspecified atom stereocenters. The van der Waals surface area contributed by atoms with Gasteiger partial charge in [0.05, 0.1) is 18.8 Å². The molecule has 7 heteroatoms. The number of rotatable bonds is 3. The van der Waals surface area contributed by atoms with Crippen LogP contribution in [0.1, 0.15) is 22.8 Å². The number of oxime groups is 1. The molecule has 1 heterocycles. The molecule has 1 amide bonds. The Labute approximate surface area is 136 Å². The summed E-state index contributed by atoms with van der Waals surface area (Å²) < 4.78 is 1.67. The predicted octanol–water partition coefficient (Wildman–Crippen LogP) is 4.72. The van der Waals surface area contributed by atoms with Crippen LogP contribution >= 0.6 is 43.2 Å². The highest BCUT2D eigenvalue weighted by Crippen LogP contribution is 2.32. The monoisotopic (exact) mass is 416 g/mol. The van der Waals surface area contributed by atoms with Crippen LogP contribution < -0.4 is 5.32 Å². The Morgan fingerprint density at radius 1 is 1.30 bits per heavy atom. The van der Waals surface area contributed by atoms with Crippen LogP contribution in [0.3, 0.4) is 0 Å². The number of halogens is 2. The molecule has 2 N–H and O–H groups in total. The molecule has 1 aromatic carbocycles. The van der Waals surface area contributed by atoms with Gasteiger partial charge in [-0.1, -0.05) is 17.3 Å². The number of benzene rings is 1. The minimum Gasteiger partial charge on any atom is -0.411 e. The van der Waals surface area contributed by atoms with E-state index in [-0.39, 0.29) is 5.91 Å². The van der Waals surface area contributed by atoms with Crippen molar-refractivity contribution >= 4 is 60.5 Å². The molecule has 0 saturated carbocycles. The summed E-state index contributed by atoms with van der Waals surface area (Å²) in [5, 5.41) is 14.6. The first-order valence-electron chi connectivity index (χ1n) is 5.56. The molecular formula is C13H10Br2N2O2S. The first-order chi connectivity index (χ1) is 9.51. The Morgan fingerprint density at radius 3 is 2.45 bits per heavy atom. The van der Waals surface area contributed by atoms with Gasteiger partial charge in [0.25, 0.3) is 5.91 Å². The maximum Gasteiger partial charge on any atom is 0.257 e. The summed E-state index contributed by atoms with van der Waals surface area (Å²) in [6.07, 6.45) is 0. The fourth-order valence-electron chi connectivity index (χ4n) is 1.55. The highest BCUT2D eigenvalue weighted by Gasteiger charge is 2.13. The standard InChI is InChI=1S/C13H10Br2N2O2S/c1-7(17-19)8-2-4-9(5-3-8)16-13(18)10-6-11(14)20-12(10)15/h2-6,19H,1H3,(H,16,18)/b17-7-. The zero-order chi connectivity index (χ0) is 14.7. The molecule has 0 aliphatic rings. The molecule has 104 valence electrons. The van der Waals surface area contributed by atoms with Gasteiger partial charge in [0.2, 0.25) is 0 Å². The maximum atomic E-state index is 12.1.